The van der Waals surface area contributed by atoms with Crippen LogP contribution in [0.1, 0.15) is 155 Å². The largest absolute Gasteiger partial charge is 0.477 e. The second-order valence-electron chi connectivity index (χ2n) is 18.1. The summed E-state index contributed by atoms with van der Waals surface area (Å²) in [6, 6.07) is 0. The number of likely N-dealkylation sites (N-methyl/N-ethyl adjacent to an activating group) is 1. The minimum absolute atomic E-state index is 0.162. The number of nitrogens with zero attached hydrogens (tertiary/aromatic N) is 1. The molecule has 2 atom stereocenters. The maximum Gasteiger partial charge on any atom is 0.361 e. The first-order valence-corrected chi connectivity index (χ1v) is 26.6. The average Bonchev–Trinajstić information content (AvgIpc) is 3.34. The Kier molecular flexibility index (Phi) is 47.6. The Morgan fingerprint density at radius 1 is 0.423 bits per heavy atom. The van der Waals surface area contributed by atoms with Crippen molar-refractivity contribution in [1.29, 1.82) is 0 Å². The molecule has 0 aliphatic rings. The molecule has 71 heavy (non-hydrogen) atoms. The van der Waals surface area contributed by atoms with Gasteiger partial charge in [-0.3, -0.25) is 9.59 Å². The molecule has 0 saturated heterocycles. The van der Waals surface area contributed by atoms with Crippen molar-refractivity contribution in [3.05, 3.63) is 158 Å². The summed E-state index contributed by atoms with van der Waals surface area (Å²) in [5.74, 6) is -2.15. The van der Waals surface area contributed by atoms with Gasteiger partial charge in [0.05, 0.1) is 34.4 Å². The van der Waals surface area contributed by atoms with E-state index in [2.05, 4.69) is 166 Å². The number of rotatable bonds is 46. The zero-order valence-electron chi connectivity index (χ0n) is 44.8. The molecule has 0 aromatic carbocycles. The van der Waals surface area contributed by atoms with Crippen molar-refractivity contribution in [3.8, 4) is 0 Å². The lowest BCUT2D eigenvalue weighted by molar-refractivity contribution is -0.870. The van der Waals surface area contributed by atoms with Crippen molar-refractivity contribution in [1.82, 2.24) is 0 Å². The summed E-state index contributed by atoms with van der Waals surface area (Å²) in [4.78, 5) is 37.3. The summed E-state index contributed by atoms with van der Waals surface area (Å²) in [6.45, 7) is 4.51. The molecule has 0 rings (SSSR count). The van der Waals surface area contributed by atoms with Gasteiger partial charge in [0.1, 0.15) is 13.2 Å². The lowest BCUT2D eigenvalue weighted by Gasteiger charge is -2.25. The molecule has 0 fully saturated rings. The highest BCUT2D eigenvalue weighted by Crippen LogP contribution is 2.10. The van der Waals surface area contributed by atoms with Crippen molar-refractivity contribution >= 4 is 17.9 Å². The van der Waals surface area contributed by atoms with Crippen molar-refractivity contribution in [2.75, 3.05) is 47.5 Å². The first-order valence-electron chi connectivity index (χ1n) is 26.6. The van der Waals surface area contributed by atoms with E-state index in [9.17, 15) is 19.5 Å². The predicted molar refractivity (Wildman–Crippen MR) is 299 cm³/mol. The van der Waals surface area contributed by atoms with E-state index in [1.54, 1.807) is 0 Å². The van der Waals surface area contributed by atoms with Crippen molar-refractivity contribution in [2.24, 2.45) is 0 Å². The molecule has 0 radical (unpaired) electrons. The summed E-state index contributed by atoms with van der Waals surface area (Å²) in [7, 11) is 5.92. The fraction of sp³-hybridized carbons (Fsp3) is 0.532. The minimum Gasteiger partial charge on any atom is -0.477 e. The Bertz CT molecular complexity index is 1710. The average molecular weight is 983 g/mol. The SMILES string of the molecule is CC/C=C\C/C=C\C/C=C\C/C=C\C/C=C\C/C=C\C/C=C\C/C=C\C/C=C\CCCC(=O)OC(COC(=O)CCCCCC/C=C\C/C=C\C/C=C\C/C=C\CC)COC(OCC[N+](C)(C)C)C(=O)O. The second-order valence-corrected chi connectivity index (χ2v) is 18.1. The molecule has 0 bridgehead atoms. The Morgan fingerprint density at radius 3 is 1.15 bits per heavy atom. The molecular formula is C62H96NO8+. The van der Waals surface area contributed by atoms with E-state index in [0.717, 1.165) is 109 Å². The maximum atomic E-state index is 12.8. The normalized spacial score (nSPS) is 14.1. The van der Waals surface area contributed by atoms with E-state index >= 15 is 0 Å². The van der Waals surface area contributed by atoms with Gasteiger partial charge < -0.3 is 28.5 Å². The number of quaternary nitrogens is 1. The van der Waals surface area contributed by atoms with Crippen molar-refractivity contribution < 1.29 is 42.9 Å². The minimum atomic E-state index is -1.54. The highest BCUT2D eigenvalue weighted by Gasteiger charge is 2.25. The molecule has 0 saturated carbocycles. The van der Waals surface area contributed by atoms with Gasteiger partial charge in [0.2, 0.25) is 0 Å². The van der Waals surface area contributed by atoms with Crippen LogP contribution in [0.3, 0.4) is 0 Å². The van der Waals surface area contributed by atoms with Crippen LogP contribution >= 0.6 is 0 Å². The molecule has 396 valence electrons. The number of unbranched alkanes of at least 4 members (excludes halogenated alkanes) is 5. The van der Waals surface area contributed by atoms with E-state index < -0.39 is 30.3 Å². The van der Waals surface area contributed by atoms with Gasteiger partial charge in [-0.2, -0.15) is 0 Å². The van der Waals surface area contributed by atoms with Crippen LogP contribution in [0.25, 0.3) is 0 Å². The molecule has 0 spiro atoms. The zero-order chi connectivity index (χ0) is 52.0. The Balaban J connectivity index is 4.50. The van der Waals surface area contributed by atoms with Crippen LogP contribution in [0.15, 0.2) is 158 Å². The van der Waals surface area contributed by atoms with Crippen LogP contribution < -0.4 is 0 Å². The first-order chi connectivity index (χ1) is 34.6. The van der Waals surface area contributed by atoms with Gasteiger partial charge >= 0.3 is 17.9 Å². The smallest absolute Gasteiger partial charge is 0.361 e. The maximum absolute atomic E-state index is 12.8. The second kappa shape index (κ2) is 51.3. The number of ether oxygens (including phenoxy) is 4. The van der Waals surface area contributed by atoms with Crippen LogP contribution in [0.2, 0.25) is 0 Å². The lowest BCUT2D eigenvalue weighted by atomic mass is 10.1. The third-order valence-corrected chi connectivity index (χ3v) is 10.3. The molecule has 0 aliphatic heterocycles. The molecule has 0 aromatic rings. The molecule has 0 amide bonds. The summed E-state index contributed by atoms with van der Waals surface area (Å²) in [6.07, 6.45) is 73.2. The quantitative estimate of drug-likeness (QED) is 0.0211. The van der Waals surface area contributed by atoms with Gasteiger partial charge in [0.25, 0.3) is 6.29 Å². The number of aliphatic carboxylic acids is 1. The monoisotopic (exact) mass is 983 g/mol. The highest BCUT2D eigenvalue weighted by molar-refractivity contribution is 5.71. The van der Waals surface area contributed by atoms with E-state index in [1.807, 2.05) is 27.2 Å². The van der Waals surface area contributed by atoms with Crippen LogP contribution in [-0.4, -0.2) is 87.4 Å². The number of carboxylic acids is 1. The summed E-state index contributed by atoms with van der Waals surface area (Å²) < 4.78 is 22.7. The Labute approximate surface area is 432 Å². The molecule has 9 nitrogen and oxygen atoms in total. The van der Waals surface area contributed by atoms with Crippen LogP contribution in [-0.2, 0) is 33.3 Å². The Morgan fingerprint density at radius 2 is 0.775 bits per heavy atom. The standard InChI is InChI=1S/C62H95NO8/c1-6-8-10-12-14-16-18-20-22-24-25-26-27-28-29-30-31-32-33-34-35-37-39-41-43-45-47-49-51-53-60(65)71-58(57-70-62(61(66)67)68-55-54-63(3,4)5)56-69-59(64)52-50-48-46-44-42-40-38-36-23-21-19-17-15-13-11-9-7-2/h8-11,14-17,20-23,25-26,28-29,31-32,34-35,38-41,45,47,58,62H,6-7,12-13,18-19,24,27,30,33,36-37,42-44,46,48-57H2,1-5H3/p+1/b10-8-,11-9-,16-14-,17-15-,22-20-,23-21-,26-25-,29-28-,32-31-,35-34-,40-38-,41-39-,47-45-. The van der Waals surface area contributed by atoms with E-state index in [4.69, 9.17) is 18.9 Å². The van der Waals surface area contributed by atoms with Gasteiger partial charge in [-0.05, 0) is 116 Å². The van der Waals surface area contributed by atoms with Crippen molar-refractivity contribution in [2.45, 2.75) is 167 Å². The Hall–Kier alpha value is -5.09. The van der Waals surface area contributed by atoms with Gasteiger partial charge in [-0.15, -0.1) is 0 Å². The van der Waals surface area contributed by atoms with Crippen LogP contribution in [0, 0.1) is 0 Å². The third-order valence-electron chi connectivity index (χ3n) is 10.3. The topological polar surface area (TPSA) is 108 Å². The number of esters is 2. The molecule has 1 N–H and O–H groups in total. The van der Waals surface area contributed by atoms with Crippen LogP contribution in [0.4, 0.5) is 0 Å². The third kappa shape index (κ3) is 52.6. The number of hydrogen-bond donors (Lipinski definition) is 1. The summed E-state index contributed by atoms with van der Waals surface area (Å²) in [5, 5.41) is 9.68. The van der Waals surface area contributed by atoms with E-state index in [1.165, 1.54) is 0 Å². The molecule has 0 aliphatic carbocycles. The first kappa shape index (κ1) is 65.9. The number of allylic oxidation sites excluding steroid dienone is 26. The highest BCUT2D eigenvalue weighted by atomic mass is 16.7. The predicted octanol–water partition coefficient (Wildman–Crippen LogP) is 15.4. The number of carboxylic acid groups (broad SMARTS) is 1. The fourth-order valence-corrected chi connectivity index (χ4v) is 6.24. The zero-order valence-corrected chi connectivity index (χ0v) is 44.8. The van der Waals surface area contributed by atoms with Gasteiger partial charge in [-0.1, -0.05) is 185 Å². The molecule has 9 heteroatoms. The van der Waals surface area contributed by atoms with Gasteiger partial charge in [-0.25, -0.2) is 4.79 Å². The summed E-state index contributed by atoms with van der Waals surface area (Å²) >= 11 is 0. The molecule has 0 heterocycles. The number of carbonyl (C=O) groups excluding carboxylic acids is 2. The van der Waals surface area contributed by atoms with E-state index in [0.29, 0.717) is 30.3 Å². The lowest BCUT2D eigenvalue weighted by Crippen LogP contribution is -2.40. The number of carbonyl (C=O) groups is 3. The molecular weight excluding hydrogens is 887 g/mol. The van der Waals surface area contributed by atoms with Crippen molar-refractivity contribution in [3.63, 3.8) is 0 Å². The number of hydrogen-bond acceptors (Lipinski definition) is 7. The van der Waals surface area contributed by atoms with E-state index in [-0.39, 0.29) is 32.7 Å². The fourth-order valence-electron chi connectivity index (χ4n) is 6.24. The van der Waals surface area contributed by atoms with Gasteiger partial charge in [0, 0.05) is 12.8 Å². The van der Waals surface area contributed by atoms with Crippen LogP contribution in [0.5, 0.6) is 0 Å². The van der Waals surface area contributed by atoms with Gasteiger partial charge in [0.15, 0.2) is 6.10 Å². The summed E-state index contributed by atoms with van der Waals surface area (Å²) in [5.41, 5.74) is 0. The molecule has 2 unspecified atom stereocenters. The molecule has 0 aromatic heterocycles.